The van der Waals surface area contributed by atoms with Crippen molar-refractivity contribution in [1.82, 2.24) is 0 Å². The molecule has 11 heavy (non-hydrogen) atoms. The van der Waals surface area contributed by atoms with Gasteiger partial charge in [0.15, 0.2) is 0 Å². The molecule has 0 aliphatic carbocycles. The maximum absolute atomic E-state index is 9.99. The summed E-state index contributed by atoms with van der Waals surface area (Å²) >= 11 is -2.87. The molecule has 1 aliphatic rings. The fourth-order valence-electron chi connectivity index (χ4n) is 1.49. The van der Waals surface area contributed by atoms with Crippen molar-refractivity contribution in [3.8, 4) is 0 Å². The molecule has 0 saturated carbocycles. The van der Waals surface area contributed by atoms with Crippen LogP contribution in [0.15, 0.2) is 0 Å². The molecule has 0 aromatic carbocycles. The Morgan fingerprint density at radius 2 is 2.27 bits per heavy atom. The van der Waals surface area contributed by atoms with Crippen LogP contribution in [-0.4, -0.2) is 29.3 Å². The van der Waals surface area contributed by atoms with E-state index in [2.05, 4.69) is 6.92 Å². The molecule has 0 aromatic rings. The van der Waals surface area contributed by atoms with Gasteiger partial charge in [-0.15, -0.1) is 0 Å². The summed E-state index contributed by atoms with van der Waals surface area (Å²) in [6.07, 6.45) is 4.71. The van der Waals surface area contributed by atoms with Crippen LogP contribution in [0, 0.1) is 0 Å². The van der Waals surface area contributed by atoms with E-state index >= 15 is 0 Å². The van der Waals surface area contributed by atoms with Crippen molar-refractivity contribution in [2.24, 2.45) is 0 Å². The molecule has 1 fully saturated rings. The molecular formula is C8H18O2Sn. The van der Waals surface area contributed by atoms with Crippen LogP contribution in [0.25, 0.3) is 0 Å². The van der Waals surface area contributed by atoms with Gasteiger partial charge < -0.3 is 0 Å². The molecule has 66 valence electrons. The Morgan fingerprint density at radius 1 is 1.45 bits per heavy atom. The molecule has 0 amide bonds. The Hall–Kier alpha value is 0.719. The first-order chi connectivity index (χ1) is 5.27. The summed E-state index contributed by atoms with van der Waals surface area (Å²) in [5.41, 5.74) is 0. The summed E-state index contributed by atoms with van der Waals surface area (Å²) < 4.78 is 17.6. The Balaban J connectivity index is 2.25. The number of hydrogen-bond donors (Lipinski definition) is 1. The van der Waals surface area contributed by atoms with Crippen LogP contribution in [0.5, 0.6) is 0 Å². The van der Waals surface area contributed by atoms with Gasteiger partial charge in [0.05, 0.1) is 0 Å². The summed E-state index contributed by atoms with van der Waals surface area (Å²) in [5, 5.41) is 0. The van der Waals surface area contributed by atoms with E-state index in [-0.39, 0.29) is 0 Å². The number of unbranched alkanes of at least 4 members (excludes halogenated alkanes) is 1. The van der Waals surface area contributed by atoms with Gasteiger partial charge in [0.25, 0.3) is 0 Å². The Labute approximate surface area is 73.9 Å². The van der Waals surface area contributed by atoms with Crippen molar-refractivity contribution < 1.29 is 6.52 Å². The van der Waals surface area contributed by atoms with E-state index < -0.39 is 19.2 Å². The molecule has 1 saturated heterocycles. The molecule has 2 nitrogen and oxygen atoms in total. The second-order valence-corrected chi connectivity index (χ2v) is 12.4. The second kappa shape index (κ2) is 4.67. The van der Waals surface area contributed by atoms with Crippen molar-refractivity contribution in [2.45, 2.75) is 41.5 Å². The van der Waals surface area contributed by atoms with E-state index in [4.69, 9.17) is 3.07 Å². The molecule has 0 aromatic heterocycles. The van der Waals surface area contributed by atoms with Crippen molar-refractivity contribution in [2.75, 3.05) is 6.61 Å². The second-order valence-electron chi connectivity index (χ2n) is 3.36. The number of hydrogen-bond acceptors (Lipinski definition) is 2. The average Bonchev–Trinajstić information content (AvgIpc) is 2.03. The van der Waals surface area contributed by atoms with E-state index in [9.17, 15) is 3.44 Å². The van der Waals surface area contributed by atoms with E-state index in [1.807, 2.05) is 0 Å². The third-order valence-corrected chi connectivity index (χ3v) is 10.8. The van der Waals surface area contributed by atoms with Crippen LogP contribution >= 0.6 is 0 Å². The fourth-order valence-corrected chi connectivity index (χ4v) is 9.40. The topological polar surface area (TPSA) is 29.5 Å². The summed E-state index contributed by atoms with van der Waals surface area (Å²) in [6, 6.07) is 0. The minimum absolute atomic E-state index is 0.830. The van der Waals surface area contributed by atoms with Crippen LogP contribution in [0.4, 0.5) is 0 Å². The van der Waals surface area contributed by atoms with Gasteiger partial charge in [0.2, 0.25) is 0 Å². The van der Waals surface area contributed by atoms with E-state index in [1.165, 1.54) is 12.8 Å². The average molecular weight is 265 g/mol. The van der Waals surface area contributed by atoms with Gasteiger partial charge in [0.1, 0.15) is 0 Å². The fraction of sp³-hybridized carbons (Fsp3) is 1.00. The van der Waals surface area contributed by atoms with Crippen molar-refractivity contribution in [3.63, 3.8) is 0 Å². The van der Waals surface area contributed by atoms with Gasteiger partial charge in [-0.1, -0.05) is 0 Å². The number of rotatable bonds is 3. The molecule has 0 bridgehead atoms. The zero-order valence-electron chi connectivity index (χ0n) is 7.31. The quantitative estimate of drug-likeness (QED) is 0.791. The molecular weight excluding hydrogens is 247 g/mol. The molecule has 0 spiro atoms. The zero-order valence-corrected chi connectivity index (χ0v) is 10.2. The summed E-state index contributed by atoms with van der Waals surface area (Å²) in [7, 11) is 0. The first-order valence-corrected chi connectivity index (χ1v) is 11.1. The van der Waals surface area contributed by atoms with Crippen molar-refractivity contribution >= 4 is 19.2 Å². The van der Waals surface area contributed by atoms with Gasteiger partial charge in [-0.05, 0) is 0 Å². The van der Waals surface area contributed by atoms with Crippen molar-refractivity contribution in [3.05, 3.63) is 0 Å². The van der Waals surface area contributed by atoms with Crippen LogP contribution in [0.2, 0.25) is 8.87 Å². The minimum atomic E-state index is -2.87. The van der Waals surface area contributed by atoms with Gasteiger partial charge in [0, 0.05) is 0 Å². The zero-order chi connectivity index (χ0) is 8.16. The van der Waals surface area contributed by atoms with E-state index in [0.717, 1.165) is 28.3 Å². The van der Waals surface area contributed by atoms with Gasteiger partial charge in [-0.3, -0.25) is 0 Å². The van der Waals surface area contributed by atoms with Gasteiger partial charge in [-0.25, -0.2) is 0 Å². The molecule has 1 heterocycles. The third-order valence-electron chi connectivity index (χ3n) is 2.25. The SMILES string of the molecule is CCC[CH2][Sn]1([OH])[CH2]CCC[O]1. The molecule has 0 radical (unpaired) electrons. The van der Waals surface area contributed by atoms with Crippen LogP contribution < -0.4 is 0 Å². The Morgan fingerprint density at radius 3 is 2.82 bits per heavy atom. The van der Waals surface area contributed by atoms with Crippen LogP contribution in [0.1, 0.15) is 32.6 Å². The molecule has 1 aliphatic heterocycles. The third kappa shape index (κ3) is 3.30. The molecule has 3 heteroatoms. The first kappa shape index (κ1) is 9.80. The van der Waals surface area contributed by atoms with Crippen molar-refractivity contribution in [1.29, 1.82) is 0 Å². The normalized spacial score (nSPS) is 32.2. The van der Waals surface area contributed by atoms with E-state index in [1.54, 1.807) is 0 Å². The Kier molecular flexibility index (Phi) is 4.17. The monoisotopic (exact) mass is 266 g/mol. The van der Waals surface area contributed by atoms with Crippen LogP contribution in [0.3, 0.4) is 0 Å². The maximum atomic E-state index is 9.99. The van der Waals surface area contributed by atoms with Crippen LogP contribution in [-0.2, 0) is 3.07 Å². The predicted molar refractivity (Wildman–Crippen MR) is 47.7 cm³/mol. The van der Waals surface area contributed by atoms with Gasteiger partial charge >= 0.3 is 73.8 Å². The first-order valence-electron chi connectivity index (χ1n) is 4.63. The molecule has 1 atom stereocenters. The predicted octanol–water partition coefficient (Wildman–Crippen LogP) is 2.03. The molecule has 1 unspecified atom stereocenters. The van der Waals surface area contributed by atoms with Gasteiger partial charge in [-0.2, -0.15) is 0 Å². The molecule has 1 rings (SSSR count). The summed E-state index contributed by atoms with van der Waals surface area (Å²) in [6.45, 7) is 2.99. The summed E-state index contributed by atoms with van der Waals surface area (Å²) in [5.74, 6) is 0. The molecule has 1 N–H and O–H groups in total. The summed E-state index contributed by atoms with van der Waals surface area (Å²) in [4.78, 5) is 0. The Bertz CT molecular complexity index is 111. The van der Waals surface area contributed by atoms with E-state index in [0.29, 0.717) is 0 Å². The standard InChI is InChI=1S/C4H8O.C4H9.H2O.Sn/c1-2-3-4-5;1-3-4-2;;/h1-4H2;1,3-4H2,2H3;1H2;/q-1;;;+2/p-1.